The third-order valence-electron chi connectivity index (χ3n) is 1.67. The Morgan fingerprint density at radius 3 is 2.73 bits per heavy atom. The highest BCUT2D eigenvalue weighted by Crippen LogP contribution is 2.01. The molecule has 0 unspecified atom stereocenters. The highest BCUT2D eigenvalue weighted by molar-refractivity contribution is 5.87. The van der Waals surface area contributed by atoms with E-state index >= 15 is 0 Å². The van der Waals surface area contributed by atoms with Gasteiger partial charge in [-0.2, -0.15) is 5.26 Å². The first-order valence-corrected chi connectivity index (χ1v) is 4.61. The maximum absolute atomic E-state index is 10.6. The van der Waals surface area contributed by atoms with Crippen LogP contribution in [0.5, 0.6) is 0 Å². The Morgan fingerprint density at radius 2 is 2.20 bits per heavy atom. The van der Waals surface area contributed by atoms with Gasteiger partial charge in [0, 0.05) is 38.4 Å². The number of methoxy groups -OCH3 is 1. The number of aliphatic carboxylic acids is 1. The van der Waals surface area contributed by atoms with Crippen molar-refractivity contribution in [3.8, 4) is 6.07 Å². The molecule has 0 atom stereocenters. The Balaban J connectivity index is 3.61. The maximum atomic E-state index is 10.6. The topological polar surface area (TPSA) is 79.5 Å². The number of rotatable bonds is 8. The van der Waals surface area contributed by atoms with Crippen molar-refractivity contribution in [3.05, 3.63) is 11.6 Å². The van der Waals surface area contributed by atoms with E-state index in [9.17, 15) is 4.79 Å². The van der Waals surface area contributed by atoms with Gasteiger partial charge < -0.3 is 14.6 Å². The van der Waals surface area contributed by atoms with Gasteiger partial charge >= 0.3 is 5.97 Å². The second-order valence-corrected chi connectivity index (χ2v) is 2.81. The van der Waals surface area contributed by atoms with Gasteiger partial charge in [0.1, 0.15) is 0 Å². The molecule has 5 heteroatoms. The number of hydrogen-bond donors (Lipinski definition) is 1. The average Bonchev–Trinajstić information content (AvgIpc) is 2.21. The maximum Gasteiger partial charge on any atom is 0.332 e. The summed E-state index contributed by atoms with van der Waals surface area (Å²) >= 11 is 0. The van der Waals surface area contributed by atoms with Crippen LogP contribution >= 0.6 is 0 Å². The van der Waals surface area contributed by atoms with Crippen molar-refractivity contribution in [2.24, 2.45) is 0 Å². The van der Waals surface area contributed by atoms with Gasteiger partial charge in [0.2, 0.25) is 0 Å². The smallest absolute Gasteiger partial charge is 0.332 e. The molecule has 0 aliphatic carbocycles. The van der Waals surface area contributed by atoms with E-state index < -0.39 is 5.97 Å². The van der Waals surface area contributed by atoms with E-state index in [1.54, 1.807) is 13.2 Å². The molecule has 0 spiro atoms. The van der Waals surface area contributed by atoms with Gasteiger partial charge in [0.15, 0.2) is 0 Å². The number of hydrogen-bond acceptors (Lipinski definition) is 4. The van der Waals surface area contributed by atoms with E-state index in [0.29, 0.717) is 19.8 Å². The van der Waals surface area contributed by atoms with Gasteiger partial charge in [0.05, 0.1) is 12.7 Å². The van der Waals surface area contributed by atoms with E-state index in [0.717, 1.165) is 12.5 Å². The van der Waals surface area contributed by atoms with E-state index in [-0.39, 0.29) is 12.0 Å². The van der Waals surface area contributed by atoms with Gasteiger partial charge in [-0.1, -0.05) is 0 Å². The van der Waals surface area contributed by atoms with Crippen LogP contribution in [0.25, 0.3) is 0 Å². The van der Waals surface area contributed by atoms with Gasteiger partial charge in [-0.15, -0.1) is 0 Å². The summed E-state index contributed by atoms with van der Waals surface area (Å²) in [6.07, 6.45) is 2.05. The van der Waals surface area contributed by atoms with Crippen LogP contribution in [0.4, 0.5) is 0 Å². The molecule has 0 bridgehead atoms. The first-order valence-electron chi connectivity index (χ1n) is 4.61. The van der Waals surface area contributed by atoms with E-state index in [4.69, 9.17) is 19.8 Å². The van der Waals surface area contributed by atoms with E-state index in [2.05, 4.69) is 0 Å². The number of nitriles is 1. The number of allylic oxidation sites excluding steroid dienone is 1. The molecular weight excluding hydrogens is 198 g/mol. The van der Waals surface area contributed by atoms with Gasteiger partial charge in [0.25, 0.3) is 0 Å². The summed E-state index contributed by atoms with van der Waals surface area (Å²) in [5.41, 5.74) is 0.0734. The molecule has 0 fully saturated rings. The van der Waals surface area contributed by atoms with Gasteiger partial charge in [-0.25, -0.2) is 4.79 Å². The zero-order chi connectivity index (χ0) is 11.5. The highest BCUT2D eigenvalue weighted by Gasteiger charge is 2.06. The summed E-state index contributed by atoms with van der Waals surface area (Å²) in [5, 5.41) is 17.0. The molecule has 0 aromatic carbocycles. The first kappa shape index (κ1) is 13.6. The fourth-order valence-electron chi connectivity index (χ4n) is 0.908. The Kier molecular flexibility index (Phi) is 8.34. The number of ether oxygens (including phenoxy) is 2. The molecule has 0 amide bonds. The van der Waals surface area contributed by atoms with Crippen LogP contribution in [0, 0.1) is 11.3 Å². The van der Waals surface area contributed by atoms with Crippen LogP contribution in [0.3, 0.4) is 0 Å². The zero-order valence-electron chi connectivity index (χ0n) is 8.73. The normalized spacial score (nSPS) is 11.1. The molecule has 0 saturated carbocycles. The molecule has 0 aliphatic rings. The minimum Gasteiger partial charge on any atom is -0.478 e. The lowest BCUT2D eigenvalue weighted by Crippen LogP contribution is -2.06. The summed E-state index contributed by atoms with van der Waals surface area (Å²) in [5.74, 6) is -1.07. The van der Waals surface area contributed by atoms with Crippen LogP contribution in [-0.2, 0) is 14.3 Å². The SMILES string of the molecule is COCCCOCCC(=CC#N)C(=O)O. The zero-order valence-corrected chi connectivity index (χ0v) is 8.73. The van der Waals surface area contributed by atoms with Crippen molar-refractivity contribution in [3.63, 3.8) is 0 Å². The number of carboxylic acids is 1. The standard InChI is InChI=1S/C10H15NO4/c1-14-6-2-7-15-8-4-9(3-5-11)10(12)13/h3H,2,4,6-8H2,1H3,(H,12,13). The largest absolute Gasteiger partial charge is 0.478 e. The van der Waals surface area contributed by atoms with Crippen molar-refractivity contribution in [2.45, 2.75) is 12.8 Å². The third-order valence-corrected chi connectivity index (χ3v) is 1.67. The lowest BCUT2D eigenvalue weighted by molar-refractivity contribution is -0.132. The Morgan fingerprint density at radius 1 is 1.47 bits per heavy atom. The van der Waals surface area contributed by atoms with E-state index in [1.807, 2.05) is 0 Å². The summed E-state index contributed by atoms with van der Waals surface area (Å²) < 4.78 is 9.99. The summed E-state index contributed by atoms with van der Waals surface area (Å²) in [7, 11) is 1.61. The molecule has 5 nitrogen and oxygen atoms in total. The molecule has 1 N–H and O–H groups in total. The fraction of sp³-hybridized carbons (Fsp3) is 0.600. The number of carbonyl (C=O) groups is 1. The molecule has 0 saturated heterocycles. The summed E-state index contributed by atoms with van der Waals surface area (Å²) in [4.78, 5) is 10.6. The molecule has 0 aromatic heterocycles. The quantitative estimate of drug-likeness (QED) is 0.369. The minimum atomic E-state index is -1.07. The average molecular weight is 213 g/mol. The van der Waals surface area contributed by atoms with Crippen molar-refractivity contribution in [2.75, 3.05) is 26.9 Å². The van der Waals surface area contributed by atoms with Gasteiger partial charge in [-0.05, 0) is 6.42 Å². The molecule has 0 aliphatic heterocycles. The first-order chi connectivity index (χ1) is 7.22. The van der Waals surface area contributed by atoms with Crippen LogP contribution in [0.1, 0.15) is 12.8 Å². The van der Waals surface area contributed by atoms with Gasteiger partial charge in [-0.3, -0.25) is 0 Å². The van der Waals surface area contributed by atoms with Crippen LogP contribution in [0.2, 0.25) is 0 Å². The second kappa shape index (κ2) is 9.19. The molecule has 84 valence electrons. The van der Waals surface area contributed by atoms with Crippen LogP contribution in [-0.4, -0.2) is 38.0 Å². The predicted molar refractivity (Wildman–Crippen MR) is 53.3 cm³/mol. The Hall–Kier alpha value is -1.38. The number of nitrogens with zero attached hydrogens (tertiary/aromatic N) is 1. The van der Waals surface area contributed by atoms with Crippen molar-refractivity contribution in [1.82, 2.24) is 0 Å². The summed E-state index contributed by atoms with van der Waals surface area (Å²) in [6.45, 7) is 1.47. The number of carboxylic acid groups (broad SMARTS) is 1. The molecule has 0 radical (unpaired) electrons. The predicted octanol–water partition coefficient (Wildman–Crippen LogP) is 0.964. The lowest BCUT2D eigenvalue weighted by atomic mass is 10.2. The van der Waals surface area contributed by atoms with Crippen LogP contribution < -0.4 is 0 Å². The molecule has 0 aromatic rings. The monoisotopic (exact) mass is 213 g/mol. The Bertz CT molecular complexity index is 255. The molecule has 15 heavy (non-hydrogen) atoms. The fourth-order valence-corrected chi connectivity index (χ4v) is 0.908. The highest BCUT2D eigenvalue weighted by atomic mass is 16.5. The minimum absolute atomic E-state index is 0.0734. The summed E-state index contributed by atoms with van der Waals surface area (Å²) in [6, 6.07) is 1.69. The van der Waals surface area contributed by atoms with E-state index in [1.165, 1.54) is 0 Å². The molecule has 0 rings (SSSR count). The lowest BCUT2D eigenvalue weighted by Gasteiger charge is -2.03. The molecule has 0 heterocycles. The molecular formula is C10H15NO4. The van der Waals surface area contributed by atoms with Crippen molar-refractivity contribution < 1.29 is 19.4 Å². The third kappa shape index (κ3) is 7.67. The van der Waals surface area contributed by atoms with Crippen LogP contribution in [0.15, 0.2) is 11.6 Å². The van der Waals surface area contributed by atoms with Crippen molar-refractivity contribution in [1.29, 1.82) is 5.26 Å². The second-order valence-electron chi connectivity index (χ2n) is 2.81. The Labute approximate surface area is 88.9 Å². The van der Waals surface area contributed by atoms with Crippen molar-refractivity contribution >= 4 is 5.97 Å².